The van der Waals surface area contributed by atoms with Crippen molar-refractivity contribution in [3.8, 4) is 0 Å². The van der Waals surface area contributed by atoms with Gasteiger partial charge in [0.05, 0.1) is 11.4 Å². The lowest BCUT2D eigenvalue weighted by atomic mass is 9.96. The smallest absolute Gasteiger partial charge is 0.243 e. The first-order valence-electron chi connectivity index (χ1n) is 10.5. The van der Waals surface area contributed by atoms with E-state index in [-0.39, 0.29) is 29.8 Å². The maximum Gasteiger partial charge on any atom is 0.243 e. The van der Waals surface area contributed by atoms with Gasteiger partial charge in [0.1, 0.15) is 11.5 Å². The molecule has 0 bridgehead atoms. The van der Waals surface area contributed by atoms with Crippen LogP contribution in [0.5, 0.6) is 0 Å². The van der Waals surface area contributed by atoms with Crippen molar-refractivity contribution < 1.29 is 26.4 Å². The Hall–Kier alpha value is -2.26. The zero-order valence-corrected chi connectivity index (χ0v) is 18.4. The van der Waals surface area contributed by atoms with Crippen molar-refractivity contribution in [2.45, 2.75) is 43.5 Å². The largest absolute Gasteiger partial charge is 0.464 e. The van der Waals surface area contributed by atoms with Gasteiger partial charge in [-0.25, -0.2) is 17.2 Å². The second-order valence-electron chi connectivity index (χ2n) is 8.57. The summed E-state index contributed by atoms with van der Waals surface area (Å²) in [6.07, 6.45) is 1.87. The standard InChI is InChI=1S/C22H26F2N2O4S/c1-14-11-18(14)21-6-3-16(30-21)13-25(2)22(27)15-7-9-26(10-8-15)31(28,29)17-4-5-19(23)20(24)12-17/h3-6,12,14-15,18H,7-11,13H2,1-2H3/t14-,18+/m1/s1. The average Bonchev–Trinajstić information content (AvgIpc) is 3.30. The first kappa shape index (κ1) is 22.0. The first-order chi connectivity index (χ1) is 14.7. The second-order valence-corrected chi connectivity index (χ2v) is 10.5. The number of carbonyl (C=O) groups excluding carboxylic acids is 1. The van der Waals surface area contributed by atoms with Crippen LogP contribution < -0.4 is 0 Å². The Morgan fingerprint density at radius 2 is 1.84 bits per heavy atom. The Bertz CT molecular complexity index is 1080. The van der Waals surface area contributed by atoms with Crippen LogP contribution in [0, 0.1) is 23.5 Å². The number of rotatable bonds is 6. The van der Waals surface area contributed by atoms with Crippen LogP contribution in [0.25, 0.3) is 0 Å². The molecule has 0 radical (unpaired) electrons. The monoisotopic (exact) mass is 452 g/mol. The highest BCUT2D eigenvalue weighted by Gasteiger charge is 2.37. The Labute approximate surface area is 180 Å². The normalized spacial score (nSPS) is 22.5. The molecule has 168 valence electrons. The number of benzene rings is 1. The minimum absolute atomic E-state index is 0.0531. The van der Waals surface area contributed by atoms with E-state index in [0.29, 0.717) is 37.3 Å². The third-order valence-electron chi connectivity index (χ3n) is 6.26. The molecule has 1 amide bonds. The Kier molecular flexibility index (Phi) is 5.91. The summed E-state index contributed by atoms with van der Waals surface area (Å²) in [5, 5.41) is 0. The lowest BCUT2D eigenvalue weighted by Crippen LogP contribution is -2.43. The van der Waals surface area contributed by atoms with Crippen molar-refractivity contribution in [3.05, 3.63) is 53.5 Å². The van der Waals surface area contributed by atoms with E-state index in [1.54, 1.807) is 11.9 Å². The van der Waals surface area contributed by atoms with Gasteiger partial charge in [0.15, 0.2) is 11.6 Å². The first-order valence-corrected chi connectivity index (χ1v) is 11.9. The van der Waals surface area contributed by atoms with E-state index < -0.39 is 21.7 Å². The third kappa shape index (κ3) is 4.52. The lowest BCUT2D eigenvalue weighted by Gasteiger charge is -2.32. The molecule has 2 atom stereocenters. The molecule has 1 aromatic heterocycles. The van der Waals surface area contributed by atoms with Crippen molar-refractivity contribution in [1.29, 1.82) is 0 Å². The Morgan fingerprint density at radius 1 is 1.16 bits per heavy atom. The SMILES string of the molecule is C[C@@H]1C[C@@H]1c1ccc(CN(C)C(=O)C2CCN(S(=O)(=O)c3ccc(F)c(F)c3)CC2)o1. The molecular weight excluding hydrogens is 426 g/mol. The molecular formula is C22H26F2N2O4S. The molecule has 31 heavy (non-hydrogen) atoms. The van der Waals surface area contributed by atoms with E-state index in [1.807, 2.05) is 12.1 Å². The number of furan rings is 1. The van der Waals surface area contributed by atoms with Gasteiger partial charge in [-0.05, 0) is 55.5 Å². The van der Waals surface area contributed by atoms with Gasteiger partial charge in [0.25, 0.3) is 0 Å². The molecule has 1 aliphatic heterocycles. The van der Waals surface area contributed by atoms with Gasteiger partial charge in [-0.2, -0.15) is 4.31 Å². The van der Waals surface area contributed by atoms with Crippen LogP contribution >= 0.6 is 0 Å². The quantitative estimate of drug-likeness (QED) is 0.670. The molecule has 1 saturated heterocycles. The minimum Gasteiger partial charge on any atom is -0.464 e. The fourth-order valence-corrected chi connectivity index (χ4v) is 5.63. The van der Waals surface area contributed by atoms with E-state index >= 15 is 0 Å². The molecule has 0 spiro atoms. The number of halogens is 2. The minimum atomic E-state index is -3.94. The van der Waals surface area contributed by atoms with E-state index in [2.05, 4.69) is 6.92 Å². The lowest BCUT2D eigenvalue weighted by molar-refractivity contribution is -0.136. The van der Waals surface area contributed by atoms with Crippen LogP contribution in [0.15, 0.2) is 39.6 Å². The van der Waals surface area contributed by atoms with E-state index in [9.17, 15) is 22.0 Å². The van der Waals surface area contributed by atoms with Gasteiger partial charge in [-0.1, -0.05) is 6.92 Å². The highest BCUT2D eigenvalue weighted by molar-refractivity contribution is 7.89. The molecule has 0 unspecified atom stereocenters. The summed E-state index contributed by atoms with van der Waals surface area (Å²) in [6.45, 7) is 2.85. The second kappa shape index (κ2) is 8.35. The highest BCUT2D eigenvalue weighted by atomic mass is 32.2. The number of carbonyl (C=O) groups is 1. The summed E-state index contributed by atoms with van der Waals surface area (Å²) < 4.78 is 59.1. The van der Waals surface area contributed by atoms with Crippen molar-refractivity contribution in [2.24, 2.45) is 11.8 Å². The van der Waals surface area contributed by atoms with Crippen molar-refractivity contribution in [2.75, 3.05) is 20.1 Å². The third-order valence-corrected chi connectivity index (χ3v) is 8.15. The molecule has 1 saturated carbocycles. The van der Waals surface area contributed by atoms with Crippen LogP contribution in [0.1, 0.15) is 43.6 Å². The molecule has 0 N–H and O–H groups in total. The number of piperidine rings is 1. The van der Waals surface area contributed by atoms with Crippen molar-refractivity contribution in [1.82, 2.24) is 9.21 Å². The van der Waals surface area contributed by atoms with Gasteiger partial charge in [-0.3, -0.25) is 4.79 Å². The number of nitrogens with zero attached hydrogens (tertiary/aromatic N) is 2. The summed E-state index contributed by atoms with van der Waals surface area (Å²) in [6, 6.07) is 6.43. The molecule has 2 aromatic rings. The van der Waals surface area contributed by atoms with Gasteiger partial charge in [-0.15, -0.1) is 0 Å². The molecule has 1 aliphatic carbocycles. The maximum atomic E-state index is 13.5. The van der Waals surface area contributed by atoms with Crippen LogP contribution in [-0.4, -0.2) is 43.7 Å². The predicted molar refractivity (Wildman–Crippen MR) is 110 cm³/mol. The van der Waals surface area contributed by atoms with Crippen LogP contribution in [0.3, 0.4) is 0 Å². The van der Waals surface area contributed by atoms with E-state index in [4.69, 9.17) is 4.42 Å². The highest BCUT2D eigenvalue weighted by Crippen LogP contribution is 2.47. The number of hydrogen-bond donors (Lipinski definition) is 0. The van der Waals surface area contributed by atoms with E-state index in [0.717, 1.165) is 30.1 Å². The zero-order chi connectivity index (χ0) is 22.3. The molecule has 9 heteroatoms. The molecule has 6 nitrogen and oxygen atoms in total. The molecule has 2 aliphatic rings. The number of hydrogen-bond acceptors (Lipinski definition) is 4. The van der Waals surface area contributed by atoms with Crippen LogP contribution in [0.2, 0.25) is 0 Å². The van der Waals surface area contributed by atoms with Crippen LogP contribution in [-0.2, 0) is 21.4 Å². The summed E-state index contributed by atoms with van der Waals surface area (Å²) in [4.78, 5) is 14.2. The fourth-order valence-electron chi connectivity index (χ4n) is 4.15. The summed E-state index contributed by atoms with van der Waals surface area (Å²) >= 11 is 0. The van der Waals surface area contributed by atoms with Crippen molar-refractivity contribution in [3.63, 3.8) is 0 Å². The Morgan fingerprint density at radius 3 is 2.45 bits per heavy atom. The average molecular weight is 453 g/mol. The maximum absolute atomic E-state index is 13.5. The van der Waals surface area contributed by atoms with Gasteiger partial charge >= 0.3 is 0 Å². The summed E-state index contributed by atoms with van der Waals surface area (Å²) in [7, 11) is -2.22. The number of amides is 1. The Balaban J connectivity index is 1.33. The van der Waals surface area contributed by atoms with Gasteiger partial charge in [0.2, 0.25) is 15.9 Å². The zero-order valence-electron chi connectivity index (χ0n) is 17.6. The van der Waals surface area contributed by atoms with E-state index in [1.165, 1.54) is 4.31 Å². The molecule has 2 fully saturated rings. The number of sulfonamides is 1. The molecule has 1 aromatic carbocycles. The molecule has 2 heterocycles. The van der Waals surface area contributed by atoms with Gasteiger partial charge in [0, 0.05) is 32.0 Å². The van der Waals surface area contributed by atoms with Crippen molar-refractivity contribution >= 4 is 15.9 Å². The predicted octanol–water partition coefficient (Wildman–Crippen LogP) is 3.74. The summed E-state index contributed by atoms with van der Waals surface area (Å²) in [5.41, 5.74) is 0. The topological polar surface area (TPSA) is 70.8 Å². The summed E-state index contributed by atoms with van der Waals surface area (Å²) in [5.74, 6) is 0.192. The van der Waals surface area contributed by atoms with Crippen LogP contribution in [0.4, 0.5) is 8.78 Å². The fraction of sp³-hybridized carbons (Fsp3) is 0.500. The van der Waals surface area contributed by atoms with Gasteiger partial charge < -0.3 is 9.32 Å². The molecule has 4 rings (SSSR count).